The van der Waals surface area contributed by atoms with Crippen molar-refractivity contribution in [3.63, 3.8) is 0 Å². The third kappa shape index (κ3) is 5.21. The first-order valence-corrected chi connectivity index (χ1v) is 11.5. The standard InChI is InChI=1S/C28H25F3N2O4/c1-16-8-9-18(27(2,3)4)14-21(16)24(34)22-23(17-10-12-32-13-11-17)33(26(36)25(22)35)19-6-5-7-20(15-19)37-28(29,30)31/h5-15,23,34H,1-4H3/b24-22+. The Bertz CT molecular complexity index is 1390. The molecule has 0 radical (unpaired) electrons. The lowest BCUT2D eigenvalue weighted by molar-refractivity contribution is -0.274. The summed E-state index contributed by atoms with van der Waals surface area (Å²) in [4.78, 5) is 31.7. The Morgan fingerprint density at radius 3 is 2.30 bits per heavy atom. The van der Waals surface area contributed by atoms with Crippen molar-refractivity contribution in [2.45, 2.75) is 45.5 Å². The second kappa shape index (κ2) is 9.38. The molecule has 0 spiro atoms. The minimum atomic E-state index is -4.94. The van der Waals surface area contributed by atoms with Crippen molar-refractivity contribution in [2.24, 2.45) is 0 Å². The first-order chi connectivity index (χ1) is 17.3. The molecule has 1 aromatic heterocycles. The van der Waals surface area contributed by atoms with Gasteiger partial charge in [-0.1, -0.05) is 39.0 Å². The highest BCUT2D eigenvalue weighted by atomic mass is 19.4. The normalized spacial score (nSPS) is 17.8. The van der Waals surface area contributed by atoms with Crippen LogP contribution in [-0.2, 0) is 15.0 Å². The van der Waals surface area contributed by atoms with Crippen LogP contribution in [0.5, 0.6) is 5.75 Å². The molecule has 0 aliphatic carbocycles. The number of aryl methyl sites for hydroxylation is 1. The molecule has 1 atom stereocenters. The molecular weight excluding hydrogens is 485 g/mol. The number of hydrogen-bond acceptors (Lipinski definition) is 5. The molecular formula is C28H25F3N2O4. The van der Waals surface area contributed by atoms with Gasteiger partial charge in [0.15, 0.2) is 0 Å². The Labute approximate surface area is 212 Å². The van der Waals surface area contributed by atoms with Crippen LogP contribution in [0.4, 0.5) is 18.9 Å². The van der Waals surface area contributed by atoms with Crippen molar-refractivity contribution in [3.05, 3.63) is 94.8 Å². The average molecular weight is 511 g/mol. The maximum atomic E-state index is 13.4. The molecule has 192 valence electrons. The van der Waals surface area contributed by atoms with Crippen LogP contribution in [-0.4, -0.2) is 28.1 Å². The van der Waals surface area contributed by atoms with E-state index in [-0.39, 0.29) is 22.4 Å². The third-order valence-corrected chi connectivity index (χ3v) is 6.15. The van der Waals surface area contributed by atoms with Crippen LogP contribution in [0.25, 0.3) is 5.76 Å². The Kier molecular flexibility index (Phi) is 6.58. The number of ketones is 1. The van der Waals surface area contributed by atoms with Crippen LogP contribution in [0.15, 0.2) is 72.6 Å². The Hall–Kier alpha value is -4.14. The van der Waals surface area contributed by atoms with E-state index >= 15 is 0 Å². The molecule has 1 fully saturated rings. The fraction of sp³-hybridized carbons (Fsp3) is 0.250. The topological polar surface area (TPSA) is 79.7 Å². The summed E-state index contributed by atoms with van der Waals surface area (Å²) < 4.78 is 42.5. The van der Waals surface area contributed by atoms with E-state index in [2.05, 4.69) is 9.72 Å². The average Bonchev–Trinajstić information content (AvgIpc) is 3.08. The summed E-state index contributed by atoms with van der Waals surface area (Å²) >= 11 is 0. The summed E-state index contributed by atoms with van der Waals surface area (Å²) in [6.07, 6.45) is -2.01. The van der Waals surface area contributed by atoms with E-state index in [9.17, 15) is 27.9 Å². The van der Waals surface area contributed by atoms with Crippen molar-refractivity contribution < 1.29 is 32.6 Å². The smallest absolute Gasteiger partial charge is 0.507 e. The van der Waals surface area contributed by atoms with Crippen molar-refractivity contribution in [1.29, 1.82) is 0 Å². The highest BCUT2D eigenvalue weighted by Gasteiger charge is 2.47. The molecule has 2 heterocycles. The summed E-state index contributed by atoms with van der Waals surface area (Å²) in [5, 5.41) is 11.5. The third-order valence-electron chi connectivity index (χ3n) is 6.15. The molecule has 1 amide bonds. The van der Waals surface area contributed by atoms with E-state index in [1.54, 1.807) is 25.1 Å². The predicted molar refractivity (Wildman–Crippen MR) is 132 cm³/mol. The van der Waals surface area contributed by atoms with Gasteiger partial charge in [-0.2, -0.15) is 0 Å². The number of hydrogen-bond donors (Lipinski definition) is 1. The van der Waals surface area contributed by atoms with Crippen molar-refractivity contribution in [2.75, 3.05) is 4.90 Å². The van der Waals surface area contributed by atoms with Gasteiger partial charge in [0.25, 0.3) is 11.7 Å². The van der Waals surface area contributed by atoms with Gasteiger partial charge in [0.1, 0.15) is 11.5 Å². The molecule has 3 aromatic rings. The largest absolute Gasteiger partial charge is 0.573 e. The van der Waals surface area contributed by atoms with Gasteiger partial charge in [-0.15, -0.1) is 13.2 Å². The van der Waals surface area contributed by atoms with Gasteiger partial charge in [-0.25, -0.2) is 0 Å². The van der Waals surface area contributed by atoms with Crippen molar-refractivity contribution in [3.8, 4) is 5.75 Å². The van der Waals surface area contributed by atoms with Crippen LogP contribution in [0, 0.1) is 6.92 Å². The number of Topliss-reactive ketones (excluding diaryl/α,β-unsaturated/α-hetero) is 1. The number of aliphatic hydroxyl groups excluding tert-OH is 1. The minimum Gasteiger partial charge on any atom is -0.507 e. The number of anilines is 1. The second-order valence-electron chi connectivity index (χ2n) is 9.77. The lowest BCUT2D eigenvalue weighted by Crippen LogP contribution is -2.29. The quantitative estimate of drug-likeness (QED) is 0.256. The molecule has 1 aliphatic heterocycles. The molecule has 0 bridgehead atoms. The number of halogens is 3. The lowest BCUT2D eigenvalue weighted by atomic mass is 9.84. The van der Waals surface area contributed by atoms with Crippen LogP contribution < -0.4 is 9.64 Å². The van der Waals surface area contributed by atoms with E-state index in [1.165, 1.54) is 24.5 Å². The SMILES string of the molecule is Cc1ccc(C(C)(C)C)cc1/C(O)=C1\C(=O)C(=O)N(c2cccc(OC(F)(F)F)c2)C1c1ccncc1. The van der Waals surface area contributed by atoms with E-state index in [0.717, 1.165) is 22.6 Å². The number of carbonyl (C=O) groups is 2. The number of nitrogens with zero attached hydrogens (tertiary/aromatic N) is 2. The molecule has 37 heavy (non-hydrogen) atoms. The number of aliphatic hydroxyl groups is 1. The molecule has 1 aliphatic rings. The zero-order valence-electron chi connectivity index (χ0n) is 20.6. The summed E-state index contributed by atoms with van der Waals surface area (Å²) in [5.74, 6) is -2.86. The number of benzene rings is 2. The second-order valence-corrected chi connectivity index (χ2v) is 9.77. The van der Waals surface area contributed by atoms with Gasteiger partial charge in [0, 0.05) is 29.7 Å². The van der Waals surface area contributed by atoms with Gasteiger partial charge >= 0.3 is 6.36 Å². The summed E-state index contributed by atoms with van der Waals surface area (Å²) in [5.41, 5.74) is 2.01. The first-order valence-electron chi connectivity index (χ1n) is 11.5. The minimum absolute atomic E-state index is 0.00452. The van der Waals surface area contributed by atoms with Gasteiger partial charge in [-0.05, 0) is 59.4 Å². The maximum Gasteiger partial charge on any atom is 0.573 e. The first kappa shape index (κ1) is 25.9. The van der Waals surface area contributed by atoms with Gasteiger partial charge in [-0.3, -0.25) is 19.5 Å². The predicted octanol–water partition coefficient (Wildman–Crippen LogP) is 6.21. The zero-order chi connectivity index (χ0) is 27.1. The van der Waals surface area contributed by atoms with E-state index < -0.39 is 29.8 Å². The fourth-order valence-electron chi connectivity index (χ4n) is 4.28. The number of amides is 1. The van der Waals surface area contributed by atoms with E-state index in [4.69, 9.17) is 0 Å². The van der Waals surface area contributed by atoms with Crippen LogP contribution >= 0.6 is 0 Å². The van der Waals surface area contributed by atoms with Gasteiger partial charge < -0.3 is 9.84 Å². The van der Waals surface area contributed by atoms with Crippen molar-refractivity contribution in [1.82, 2.24) is 4.98 Å². The van der Waals surface area contributed by atoms with E-state index in [0.29, 0.717) is 16.7 Å². The van der Waals surface area contributed by atoms with Crippen LogP contribution in [0.2, 0.25) is 0 Å². The number of rotatable bonds is 4. The zero-order valence-corrected chi connectivity index (χ0v) is 20.6. The molecule has 9 heteroatoms. The van der Waals surface area contributed by atoms with Crippen LogP contribution in [0.3, 0.4) is 0 Å². The number of ether oxygens (including phenoxy) is 1. The summed E-state index contributed by atoms with van der Waals surface area (Å²) in [6.45, 7) is 7.80. The Morgan fingerprint density at radius 2 is 1.68 bits per heavy atom. The van der Waals surface area contributed by atoms with Crippen molar-refractivity contribution >= 4 is 23.1 Å². The molecule has 1 saturated heterocycles. The summed E-state index contributed by atoms with van der Waals surface area (Å²) in [7, 11) is 0. The number of carbonyl (C=O) groups excluding carboxylic acids is 2. The fourth-order valence-corrected chi connectivity index (χ4v) is 4.28. The van der Waals surface area contributed by atoms with Crippen LogP contribution in [0.1, 0.15) is 49.1 Å². The monoisotopic (exact) mass is 510 g/mol. The lowest BCUT2D eigenvalue weighted by Gasteiger charge is -2.26. The number of aromatic nitrogens is 1. The number of pyridine rings is 1. The summed E-state index contributed by atoms with van der Waals surface area (Å²) in [6, 6.07) is 12.4. The molecule has 2 aromatic carbocycles. The molecule has 4 rings (SSSR count). The number of alkyl halides is 3. The molecule has 0 saturated carbocycles. The molecule has 1 unspecified atom stereocenters. The highest BCUT2D eigenvalue weighted by molar-refractivity contribution is 6.51. The Morgan fingerprint density at radius 1 is 1.00 bits per heavy atom. The van der Waals surface area contributed by atoms with Gasteiger partial charge in [0.05, 0.1) is 11.6 Å². The Balaban J connectivity index is 1.93. The molecule has 1 N–H and O–H groups in total. The highest BCUT2D eigenvalue weighted by Crippen LogP contribution is 2.43. The van der Waals surface area contributed by atoms with Gasteiger partial charge in [0.2, 0.25) is 0 Å². The van der Waals surface area contributed by atoms with E-state index in [1.807, 2.05) is 32.9 Å². The maximum absolute atomic E-state index is 13.4. The molecule has 6 nitrogen and oxygen atoms in total.